The predicted octanol–water partition coefficient (Wildman–Crippen LogP) is 5.98. The summed E-state index contributed by atoms with van der Waals surface area (Å²) in [6.07, 6.45) is 2.81. The first-order valence-electron chi connectivity index (χ1n) is 29.8. The lowest BCUT2D eigenvalue weighted by atomic mass is 9.39. The van der Waals surface area contributed by atoms with Crippen LogP contribution in [0.1, 0.15) is 102 Å². The fourth-order valence-electron chi connectivity index (χ4n) is 15.1. The molecular weight excluding hydrogens is 1200 g/mol. The number of aliphatic carboxylic acids is 1. The van der Waals surface area contributed by atoms with Crippen molar-refractivity contribution >= 4 is 78.5 Å². The zero-order valence-corrected chi connectivity index (χ0v) is 51.6. The summed E-state index contributed by atoms with van der Waals surface area (Å²) in [4.78, 5) is 69.0. The summed E-state index contributed by atoms with van der Waals surface area (Å²) in [5, 5.41) is 62.7. The van der Waals surface area contributed by atoms with Gasteiger partial charge in [0.1, 0.15) is 36.5 Å². The van der Waals surface area contributed by atoms with Gasteiger partial charge in [-0.3, -0.25) is 19.3 Å². The Morgan fingerprint density at radius 3 is 2.46 bits per heavy atom. The number of pyridine rings is 2. The number of fused-ring (bicyclic) bond motifs is 2. The maximum absolute atomic E-state index is 13.8. The van der Waals surface area contributed by atoms with Gasteiger partial charge in [-0.25, -0.2) is 24.4 Å². The van der Waals surface area contributed by atoms with Crippen LogP contribution in [0.25, 0.3) is 27.6 Å². The molecule has 2 unspecified atom stereocenters. The molecule has 28 heteroatoms. The lowest BCUT2D eigenvalue weighted by molar-refractivity contribution is -0.271. The van der Waals surface area contributed by atoms with E-state index in [2.05, 4.69) is 34.4 Å². The topological polar surface area (TPSA) is 374 Å². The molecule has 4 aliphatic carbocycles. The van der Waals surface area contributed by atoms with Gasteiger partial charge in [0, 0.05) is 67.8 Å². The molecule has 4 aromatic heterocycles. The van der Waals surface area contributed by atoms with Crippen molar-refractivity contribution in [3.8, 4) is 16.9 Å². The van der Waals surface area contributed by atoms with E-state index in [9.17, 15) is 57.7 Å². The summed E-state index contributed by atoms with van der Waals surface area (Å²) >= 11 is 1.34. The Bertz CT molecular complexity index is 3810. The third kappa shape index (κ3) is 13.8. The number of carbonyl (C=O) groups is 4. The van der Waals surface area contributed by atoms with Crippen LogP contribution in [-0.2, 0) is 48.6 Å². The molecule has 12 rings (SSSR count). The minimum atomic E-state index is -4.48. The SMILES string of the molecule is Cc1c(-c2ccc(N3CCc4cccc(C(=O)Nc5nc6ncccc6s5)c4C3)nc2C(=O)O)cnn1CC12CC3(C)CC(C)(C1)CC(OCCN(CCS(=O)(=O)O)C(=O)OC/C=C/c1ccc(O[C@@H]4O[C@H](C(=O)O)[C@@H](O)[C@H](O)[C@H]4O)c(NCCCN)c1)(C3)C2. The Balaban J connectivity index is 0.742. The Morgan fingerprint density at radius 1 is 0.933 bits per heavy atom. The second kappa shape index (κ2) is 25.5. The highest BCUT2D eigenvalue weighted by atomic mass is 32.2. The average molecular weight is 1280 g/mol. The number of carboxylic acid groups (broad SMARTS) is 2. The van der Waals surface area contributed by atoms with Gasteiger partial charge >= 0.3 is 18.0 Å². The molecule has 0 spiro atoms. The first-order valence-corrected chi connectivity index (χ1v) is 32.3. The highest BCUT2D eigenvalue weighted by molar-refractivity contribution is 7.85. The standard InChI is InChI=1S/C62H74N10O16S2/c1-36-41(39-13-15-46(67-47(39)54(77)78)71-20-16-38-9-4-10-40(42(38)28-71)53(76)69-57-68-52-45(89-57)11-5-18-65-52)27-66-72(36)35-61-30-59(2)29-60(3,31-61)33-62(32-59,34-61)86-24-21-70(22-25-90(82,83)84)58(81)85-23-6-8-37-12-14-44(43(26-37)64-19-7-17-63)87-56-50(75)48(73)49(74)51(88-56)55(79)80/h4-6,8-15,18,26-27,48-51,56,64,73-75H,7,16-17,19-25,28-35,63H2,1-3H3,(H,77,78)(H,79,80)(H,82,83,84)(H,65,68,69,76)/b8-6+/t48-,49-,50+,51-,56+,59?,60?,61?,62?/m0/s1. The number of carbonyl (C=O) groups excluding carboxylic acids is 2. The molecule has 6 aliphatic rings. The highest BCUT2D eigenvalue weighted by Gasteiger charge is 2.66. The van der Waals surface area contributed by atoms with Crippen molar-refractivity contribution in [1.82, 2.24) is 29.6 Å². The monoisotopic (exact) mass is 1280 g/mol. The van der Waals surface area contributed by atoms with Gasteiger partial charge in [-0.05, 0) is 146 Å². The zero-order chi connectivity index (χ0) is 63.9. The number of aromatic nitrogens is 5. The number of benzene rings is 2. The summed E-state index contributed by atoms with van der Waals surface area (Å²) in [5.41, 5.74) is 10.2. The number of ether oxygens (including phenoxy) is 4. The van der Waals surface area contributed by atoms with E-state index in [-0.39, 0.29) is 59.9 Å². The van der Waals surface area contributed by atoms with E-state index in [1.807, 2.05) is 46.8 Å². The number of nitrogens with one attached hydrogen (secondary N) is 2. The summed E-state index contributed by atoms with van der Waals surface area (Å²) in [6.45, 7) is 8.08. The third-order valence-corrected chi connectivity index (χ3v) is 19.5. The molecule has 0 radical (unpaired) electrons. The number of amides is 2. The van der Waals surface area contributed by atoms with Gasteiger partial charge in [0.05, 0.1) is 34.5 Å². The van der Waals surface area contributed by atoms with Crippen LogP contribution in [0.5, 0.6) is 5.75 Å². The molecule has 6 aromatic rings. The summed E-state index contributed by atoms with van der Waals surface area (Å²) in [5.74, 6) is -3.22. The van der Waals surface area contributed by atoms with E-state index < -0.39 is 70.2 Å². The predicted molar refractivity (Wildman–Crippen MR) is 331 cm³/mol. The van der Waals surface area contributed by atoms with Crippen LogP contribution in [0, 0.1) is 23.2 Å². The van der Waals surface area contributed by atoms with E-state index in [4.69, 9.17) is 34.8 Å². The minimum Gasteiger partial charge on any atom is -0.479 e. The number of thiazole rings is 1. The van der Waals surface area contributed by atoms with Crippen molar-refractivity contribution in [3.63, 3.8) is 0 Å². The van der Waals surface area contributed by atoms with Crippen LogP contribution in [0.3, 0.4) is 0 Å². The molecule has 10 N–H and O–H groups in total. The normalized spacial score (nSPS) is 26.1. The molecule has 2 amide bonds. The maximum Gasteiger partial charge on any atom is 0.410 e. The number of hydrogen-bond donors (Lipinski definition) is 9. The van der Waals surface area contributed by atoms with E-state index >= 15 is 0 Å². The van der Waals surface area contributed by atoms with Crippen LogP contribution >= 0.6 is 11.3 Å². The fourth-order valence-corrected chi connectivity index (χ4v) is 16.4. The lowest BCUT2D eigenvalue weighted by Gasteiger charge is -2.69. The average Bonchev–Trinajstić information content (AvgIpc) is 0.909. The Morgan fingerprint density at radius 2 is 1.72 bits per heavy atom. The Labute approximate surface area is 522 Å². The fraction of sp³-hybridized carbons (Fsp3) is 0.484. The molecule has 90 heavy (non-hydrogen) atoms. The quantitative estimate of drug-likeness (QED) is 0.0248. The molecule has 4 bridgehead atoms. The van der Waals surface area contributed by atoms with Crippen molar-refractivity contribution in [3.05, 3.63) is 113 Å². The molecule has 480 valence electrons. The molecule has 7 atom stereocenters. The second-order valence-electron chi connectivity index (χ2n) is 25.2. The maximum atomic E-state index is 13.8. The zero-order valence-electron chi connectivity index (χ0n) is 50.0. The number of rotatable bonds is 24. The molecule has 1 saturated heterocycles. The van der Waals surface area contributed by atoms with E-state index in [0.29, 0.717) is 96.5 Å². The number of aromatic carboxylic acids is 1. The largest absolute Gasteiger partial charge is 0.479 e. The molecule has 6 heterocycles. The minimum absolute atomic E-state index is 0.0436. The van der Waals surface area contributed by atoms with Crippen molar-refractivity contribution in [2.75, 3.05) is 67.2 Å². The van der Waals surface area contributed by atoms with Gasteiger partial charge in [-0.1, -0.05) is 49.5 Å². The summed E-state index contributed by atoms with van der Waals surface area (Å²) in [7, 11) is -4.48. The molecule has 26 nitrogen and oxygen atoms in total. The van der Waals surface area contributed by atoms with Crippen LogP contribution in [-0.4, -0.2) is 180 Å². The van der Waals surface area contributed by atoms with Gasteiger partial charge in [-0.2, -0.15) is 18.5 Å². The first kappa shape index (κ1) is 63.9. The van der Waals surface area contributed by atoms with Crippen LogP contribution < -0.4 is 26.0 Å². The number of nitrogens with zero attached hydrogens (tertiary/aromatic N) is 7. The van der Waals surface area contributed by atoms with Crippen LogP contribution in [0.15, 0.2) is 79.1 Å². The second-order valence-corrected chi connectivity index (χ2v) is 27.8. The lowest BCUT2D eigenvalue weighted by Crippen LogP contribution is -2.64. The van der Waals surface area contributed by atoms with Crippen LogP contribution in [0.4, 0.5) is 21.4 Å². The van der Waals surface area contributed by atoms with Gasteiger partial charge in [0.15, 0.2) is 22.6 Å². The number of anilines is 3. The van der Waals surface area contributed by atoms with E-state index in [1.54, 1.807) is 48.8 Å². The molecule has 5 fully saturated rings. The van der Waals surface area contributed by atoms with Crippen molar-refractivity contribution in [2.45, 2.75) is 122 Å². The smallest absolute Gasteiger partial charge is 0.410 e. The Kier molecular flexibility index (Phi) is 18.1. The summed E-state index contributed by atoms with van der Waals surface area (Å²) < 4.78 is 60.3. The molecule has 2 aromatic carbocycles. The number of carboxylic acids is 2. The van der Waals surface area contributed by atoms with Gasteiger partial charge < -0.3 is 65.3 Å². The van der Waals surface area contributed by atoms with Gasteiger partial charge in [-0.15, -0.1) is 0 Å². The first-order chi connectivity index (χ1) is 42.8. The molecular formula is C62H74N10O16S2. The number of nitrogens with two attached hydrogens (primary N) is 1. The van der Waals surface area contributed by atoms with Crippen LogP contribution in [0.2, 0.25) is 0 Å². The molecule has 4 saturated carbocycles. The van der Waals surface area contributed by atoms with E-state index in [1.165, 1.54) is 22.3 Å². The third-order valence-electron chi connectivity index (χ3n) is 17.9. The Hall–Kier alpha value is -7.67. The number of hydrogen-bond acceptors (Lipinski definition) is 21. The van der Waals surface area contributed by atoms with Crippen molar-refractivity contribution in [2.24, 2.45) is 22.0 Å². The molecule has 2 aliphatic heterocycles. The van der Waals surface area contributed by atoms with Gasteiger partial charge in [0.25, 0.3) is 16.0 Å². The summed E-state index contributed by atoms with van der Waals surface area (Å²) in [6, 6.07) is 17.7. The number of aliphatic hydroxyl groups is 3. The van der Waals surface area contributed by atoms with Crippen molar-refractivity contribution in [1.29, 1.82) is 0 Å². The van der Waals surface area contributed by atoms with Gasteiger partial charge in [0.2, 0.25) is 6.29 Å². The van der Waals surface area contributed by atoms with Crippen molar-refractivity contribution < 1.29 is 76.6 Å². The van der Waals surface area contributed by atoms with E-state index in [0.717, 1.165) is 53.6 Å². The highest BCUT2D eigenvalue weighted by Crippen LogP contribution is 2.72. The number of aliphatic hydroxyl groups excluding tert-OH is 3.